The lowest BCUT2D eigenvalue weighted by Gasteiger charge is -2.24. The lowest BCUT2D eigenvalue weighted by Crippen LogP contribution is -2.40. The summed E-state index contributed by atoms with van der Waals surface area (Å²) in [5, 5.41) is 10.9. The van der Waals surface area contributed by atoms with E-state index in [9.17, 15) is 9.59 Å². The molecule has 0 spiro atoms. The predicted molar refractivity (Wildman–Crippen MR) is 116 cm³/mol. The van der Waals surface area contributed by atoms with Gasteiger partial charge in [-0.15, -0.1) is 10.2 Å². The first-order chi connectivity index (χ1) is 14.6. The normalized spacial score (nSPS) is 19.1. The summed E-state index contributed by atoms with van der Waals surface area (Å²) in [5.74, 6) is 0.199. The lowest BCUT2D eigenvalue weighted by molar-refractivity contribution is -0.131. The van der Waals surface area contributed by atoms with Crippen LogP contribution in [0.1, 0.15) is 50.3 Å². The molecule has 3 amide bonds. The summed E-state index contributed by atoms with van der Waals surface area (Å²) in [7, 11) is 0. The number of hydrogen-bond acceptors (Lipinski definition) is 5. The smallest absolute Gasteiger partial charge is 0.325 e. The number of carbonyl (C=O) groups is 2. The Balaban J connectivity index is 1.54. The van der Waals surface area contributed by atoms with Crippen LogP contribution in [0.3, 0.4) is 0 Å². The van der Waals surface area contributed by atoms with Gasteiger partial charge in [-0.25, -0.2) is 4.79 Å². The molecule has 0 radical (unpaired) electrons. The van der Waals surface area contributed by atoms with Crippen LogP contribution in [-0.4, -0.2) is 27.0 Å². The van der Waals surface area contributed by atoms with Crippen LogP contribution in [0, 0.1) is 6.92 Å². The summed E-state index contributed by atoms with van der Waals surface area (Å²) in [6, 6.07) is 15.0. The Morgan fingerprint density at radius 2 is 1.65 bits per heavy atom. The Morgan fingerprint density at radius 1 is 1.00 bits per heavy atom. The molecule has 1 fully saturated rings. The van der Waals surface area contributed by atoms with Crippen molar-refractivity contribution in [3.05, 3.63) is 71.1 Å². The van der Waals surface area contributed by atoms with E-state index in [1.165, 1.54) is 0 Å². The molecule has 31 heavy (non-hydrogen) atoms. The molecule has 7 heteroatoms. The Kier molecular flexibility index (Phi) is 4.92. The first-order valence-electron chi connectivity index (χ1n) is 10.2. The van der Waals surface area contributed by atoms with Crippen molar-refractivity contribution < 1.29 is 14.0 Å². The molecule has 3 aromatic rings. The van der Waals surface area contributed by atoms with Crippen LogP contribution in [0.4, 0.5) is 4.79 Å². The van der Waals surface area contributed by atoms with Crippen LogP contribution in [0.25, 0.3) is 11.5 Å². The Morgan fingerprint density at radius 3 is 2.26 bits per heavy atom. The number of imide groups is 1. The van der Waals surface area contributed by atoms with E-state index in [0.29, 0.717) is 5.89 Å². The zero-order valence-corrected chi connectivity index (χ0v) is 18.4. The molecule has 0 saturated carbocycles. The van der Waals surface area contributed by atoms with Crippen LogP contribution in [-0.2, 0) is 22.3 Å². The predicted octanol–water partition coefficient (Wildman–Crippen LogP) is 4.31. The Hall–Kier alpha value is -3.48. The molecule has 2 aromatic carbocycles. The van der Waals surface area contributed by atoms with Gasteiger partial charge in [0.15, 0.2) is 0 Å². The quantitative estimate of drug-likeness (QED) is 0.638. The fraction of sp³-hybridized carbons (Fsp3) is 0.333. The minimum atomic E-state index is -1.15. The van der Waals surface area contributed by atoms with Gasteiger partial charge in [0, 0.05) is 5.56 Å². The van der Waals surface area contributed by atoms with Crippen molar-refractivity contribution in [3.63, 3.8) is 0 Å². The Bertz CT molecular complexity index is 1130. The average Bonchev–Trinajstić information content (AvgIpc) is 3.27. The van der Waals surface area contributed by atoms with Crippen LogP contribution in [0.15, 0.2) is 52.9 Å². The topological polar surface area (TPSA) is 88.3 Å². The van der Waals surface area contributed by atoms with Crippen LogP contribution >= 0.6 is 0 Å². The molecule has 1 atom stereocenters. The van der Waals surface area contributed by atoms with Crippen LogP contribution in [0.5, 0.6) is 0 Å². The largest absolute Gasteiger partial charge is 0.419 e. The number of aryl methyl sites for hydroxylation is 1. The molecule has 1 N–H and O–H groups in total. The highest BCUT2D eigenvalue weighted by Gasteiger charge is 2.49. The molecular formula is C24H26N4O3. The van der Waals surface area contributed by atoms with Crippen molar-refractivity contribution in [2.75, 3.05) is 0 Å². The molecule has 1 aliphatic rings. The van der Waals surface area contributed by atoms with E-state index in [-0.39, 0.29) is 23.8 Å². The second-order valence-corrected chi connectivity index (χ2v) is 9.14. The van der Waals surface area contributed by atoms with Crippen molar-refractivity contribution in [1.82, 2.24) is 20.4 Å². The van der Waals surface area contributed by atoms with Gasteiger partial charge in [-0.05, 0) is 42.5 Å². The lowest BCUT2D eigenvalue weighted by atomic mass is 9.84. The van der Waals surface area contributed by atoms with Gasteiger partial charge in [-0.2, -0.15) is 0 Å². The fourth-order valence-corrected chi connectivity index (χ4v) is 3.61. The zero-order chi connectivity index (χ0) is 22.4. The zero-order valence-electron chi connectivity index (χ0n) is 18.4. The SMILES string of the molecule is Cc1ccc(-c2nnc(CN3C(=O)NC(C)(c4ccc(C(C)(C)C)cc4)C3=O)o2)cc1. The van der Waals surface area contributed by atoms with E-state index in [4.69, 9.17) is 4.42 Å². The molecule has 1 unspecified atom stereocenters. The molecule has 1 aromatic heterocycles. The highest BCUT2D eigenvalue weighted by molar-refractivity contribution is 6.07. The van der Waals surface area contributed by atoms with Gasteiger partial charge >= 0.3 is 6.03 Å². The van der Waals surface area contributed by atoms with Gasteiger partial charge in [0.2, 0.25) is 11.8 Å². The third-order valence-corrected chi connectivity index (χ3v) is 5.66. The molecule has 7 nitrogen and oxygen atoms in total. The van der Waals surface area contributed by atoms with Gasteiger partial charge in [-0.1, -0.05) is 62.7 Å². The average molecular weight is 418 g/mol. The molecule has 0 bridgehead atoms. The van der Waals surface area contributed by atoms with Crippen LogP contribution in [0.2, 0.25) is 0 Å². The van der Waals surface area contributed by atoms with Gasteiger partial charge in [-0.3, -0.25) is 9.69 Å². The van der Waals surface area contributed by atoms with Gasteiger partial charge in [0.1, 0.15) is 12.1 Å². The van der Waals surface area contributed by atoms with E-state index >= 15 is 0 Å². The van der Waals surface area contributed by atoms with Crippen molar-refractivity contribution in [1.29, 1.82) is 0 Å². The summed E-state index contributed by atoms with van der Waals surface area (Å²) in [5.41, 5.74) is 2.65. The number of nitrogens with one attached hydrogen (secondary N) is 1. The van der Waals surface area contributed by atoms with Crippen LogP contribution < -0.4 is 5.32 Å². The summed E-state index contributed by atoms with van der Waals surface area (Å²) < 4.78 is 5.70. The summed E-state index contributed by atoms with van der Waals surface area (Å²) in [6.07, 6.45) is 0. The van der Waals surface area contributed by atoms with E-state index in [0.717, 1.165) is 27.2 Å². The summed E-state index contributed by atoms with van der Waals surface area (Å²) in [4.78, 5) is 26.9. The highest BCUT2D eigenvalue weighted by atomic mass is 16.4. The van der Waals surface area contributed by atoms with E-state index in [1.54, 1.807) is 6.92 Å². The molecule has 4 rings (SSSR count). The number of urea groups is 1. The van der Waals surface area contributed by atoms with Crippen molar-refractivity contribution in [2.45, 2.75) is 52.1 Å². The monoisotopic (exact) mass is 418 g/mol. The van der Waals surface area contributed by atoms with Crippen molar-refractivity contribution in [3.8, 4) is 11.5 Å². The molecular weight excluding hydrogens is 392 g/mol. The first-order valence-corrected chi connectivity index (χ1v) is 10.2. The molecule has 160 valence electrons. The second kappa shape index (κ2) is 7.34. The number of benzene rings is 2. The molecule has 0 aliphatic carbocycles. The highest BCUT2D eigenvalue weighted by Crippen LogP contribution is 2.32. The number of aromatic nitrogens is 2. The summed E-state index contributed by atoms with van der Waals surface area (Å²) >= 11 is 0. The van der Waals surface area contributed by atoms with Gasteiger partial charge in [0.05, 0.1) is 0 Å². The van der Waals surface area contributed by atoms with Gasteiger partial charge in [0.25, 0.3) is 5.91 Å². The second-order valence-electron chi connectivity index (χ2n) is 9.14. The first kappa shape index (κ1) is 20.8. The maximum absolute atomic E-state index is 13.2. The van der Waals surface area contributed by atoms with E-state index in [2.05, 4.69) is 36.3 Å². The maximum Gasteiger partial charge on any atom is 0.325 e. The summed E-state index contributed by atoms with van der Waals surface area (Å²) in [6.45, 7) is 10.0. The molecule has 1 aliphatic heterocycles. The number of amides is 3. The fourth-order valence-electron chi connectivity index (χ4n) is 3.61. The minimum absolute atomic E-state index is 0.00150. The number of rotatable bonds is 4. The maximum atomic E-state index is 13.2. The standard InChI is InChI=1S/C24H26N4O3/c1-15-6-8-16(9-7-15)20-27-26-19(31-20)14-28-21(29)24(5,25-22(28)30)18-12-10-17(11-13-18)23(2,3)4/h6-13H,14H2,1-5H3,(H,25,30). The van der Waals surface area contributed by atoms with Gasteiger partial charge < -0.3 is 9.73 Å². The van der Waals surface area contributed by atoms with E-state index < -0.39 is 11.6 Å². The van der Waals surface area contributed by atoms with E-state index in [1.807, 2.05) is 55.5 Å². The van der Waals surface area contributed by atoms with Crippen molar-refractivity contribution in [2.24, 2.45) is 0 Å². The minimum Gasteiger partial charge on any atom is -0.419 e. The number of nitrogens with zero attached hydrogens (tertiary/aromatic N) is 3. The molecule has 1 saturated heterocycles. The third kappa shape index (κ3) is 3.83. The molecule has 2 heterocycles. The number of carbonyl (C=O) groups excluding carboxylic acids is 2. The Labute approximate surface area is 181 Å². The number of hydrogen-bond donors (Lipinski definition) is 1. The third-order valence-electron chi connectivity index (χ3n) is 5.66. The van der Waals surface area contributed by atoms with Crippen molar-refractivity contribution >= 4 is 11.9 Å².